The third kappa shape index (κ3) is 4.20. The van der Waals surface area contributed by atoms with Gasteiger partial charge in [0.25, 0.3) is 0 Å². The van der Waals surface area contributed by atoms with Crippen molar-refractivity contribution < 1.29 is 24.2 Å². The van der Waals surface area contributed by atoms with Gasteiger partial charge in [-0.3, -0.25) is 4.79 Å². The Morgan fingerprint density at radius 2 is 1.81 bits per heavy atom. The smallest absolute Gasteiger partial charge is 0.407 e. The molecule has 0 bridgehead atoms. The molecule has 1 aliphatic heterocycles. The maximum Gasteiger partial charge on any atom is 0.407 e. The van der Waals surface area contributed by atoms with E-state index in [1.165, 1.54) is 4.90 Å². The summed E-state index contributed by atoms with van der Waals surface area (Å²) in [6, 6.07) is 1.59. The first-order valence-corrected chi connectivity index (χ1v) is 11.4. The first kappa shape index (κ1) is 26.4. The molecule has 1 unspecified atom stereocenters. The number of halogens is 2. The standard InChI is InChI=1S/C24H36ClFN2O4/c1-9-14-12-15(27-17(25)16(14)26)13-24(19(29)30)10-11-28(20(31)32)23(8,22(5,6)7)18(24)21(2,3)4/h12,18H,9-11,13H2,1-8H3,(H,29,30)(H,31,32)/t18?,23-,24-/m1/s1. The Hall–Kier alpha value is -1.89. The van der Waals surface area contributed by atoms with Crippen LogP contribution >= 0.6 is 11.6 Å². The van der Waals surface area contributed by atoms with Crippen LogP contribution < -0.4 is 0 Å². The van der Waals surface area contributed by atoms with Gasteiger partial charge in [-0.25, -0.2) is 14.2 Å². The molecule has 8 heteroatoms. The number of carboxylic acid groups (broad SMARTS) is 2. The second-order valence-corrected chi connectivity index (χ2v) is 11.6. The predicted molar refractivity (Wildman–Crippen MR) is 123 cm³/mol. The average Bonchev–Trinajstić information content (AvgIpc) is 2.61. The Balaban J connectivity index is 2.82. The number of carbonyl (C=O) groups is 2. The number of pyridine rings is 1. The Labute approximate surface area is 195 Å². The number of aromatic nitrogens is 1. The zero-order valence-electron chi connectivity index (χ0n) is 20.3. The molecule has 1 aromatic rings. The normalized spacial score (nSPS) is 26.8. The first-order chi connectivity index (χ1) is 14.4. The molecule has 32 heavy (non-hydrogen) atoms. The highest BCUT2D eigenvalue weighted by Gasteiger charge is 2.66. The van der Waals surface area contributed by atoms with Gasteiger partial charge in [0.05, 0.1) is 11.0 Å². The topological polar surface area (TPSA) is 90.7 Å². The molecule has 1 fully saturated rings. The van der Waals surface area contributed by atoms with Crippen LogP contribution in [0.1, 0.15) is 73.1 Å². The number of aliphatic carboxylic acids is 1. The van der Waals surface area contributed by atoms with Crippen molar-refractivity contribution in [2.75, 3.05) is 6.54 Å². The van der Waals surface area contributed by atoms with E-state index >= 15 is 0 Å². The molecule has 180 valence electrons. The van der Waals surface area contributed by atoms with E-state index in [1.807, 2.05) is 48.5 Å². The number of hydrogen-bond acceptors (Lipinski definition) is 3. The van der Waals surface area contributed by atoms with Crippen LogP contribution in [0, 0.1) is 28.0 Å². The maximum absolute atomic E-state index is 14.3. The van der Waals surface area contributed by atoms with Crippen LogP contribution in [0.2, 0.25) is 5.15 Å². The van der Waals surface area contributed by atoms with Gasteiger partial charge in [0.1, 0.15) is 0 Å². The van der Waals surface area contributed by atoms with Crippen molar-refractivity contribution in [3.8, 4) is 0 Å². The fourth-order valence-corrected chi connectivity index (χ4v) is 6.19. The molecule has 0 aliphatic carbocycles. The largest absolute Gasteiger partial charge is 0.481 e. The number of piperidine rings is 1. The van der Waals surface area contributed by atoms with Gasteiger partial charge in [0.2, 0.25) is 0 Å². The van der Waals surface area contributed by atoms with Crippen LogP contribution in [-0.2, 0) is 17.6 Å². The van der Waals surface area contributed by atoms with Gasteiger partial charge >= 0.3 is 12.1 Å². The van der Waals surface area contributed by atoms with Crippen LogP contribution in [-0.4, -0.2) is 44.2 Å². The average molecular weight is 471 g/mol. The quantitative estimate of drug-likeness (QED) is 0.534. The van der Waals surface area contributed by atoms with Crippen LogP contribution in [0.15, 0.2) is 6.07 Å². The van der Waals surface area contributed by atoms with Crippen molar-refractivity contribution in [3.05, 3.63) is 28.3 Å². The lowest BCUT2D eigenvalue weighted by Gasteiger charge is -2.64. The molecule has 2 N–H and O–H groups in total. The summed E-state index contributed by atoms with van der Waals surface area (Å²) in [6.45, 7) is 15.4. The predicted octanol–water partition coefficient (Wildman–Crippen LogP) is 5.90. The van der Waals surface area contributed by atoms with Crippen molar-refractivity contribution in [1.82, 2.24) is 9.88 Å². The highest BCUT2D eigenvalue weighted by Crippen LogP contribution is 2.60. The molecule has 0 radical (unpaired) electrons. The van der Waals surface area contributed by atoms with Crippen molar-refractivity contribution in [2.24, 2.45) is 22.2 Å². The van der Waals surface area contributed by atoms with Crippen LogP contribution in [0.4, 0.5) is 9.18 Å². The third-order valence-corrected chi connectivity index (χ3v) is 7.67. The van der Waals surface area contributed by atoms with E-state index in [4.69, 9.17) is 11.6 Å². The van der Waals surface area contributed by atoms with E-state index in [1.54, 1.807) is 13.0 Å². The summed E-state index contributed by atoms with van der Waals surface area (Å²) < 4.78 is 14.3. The summed E-state index contributed by atoms with van der Waals surface area (Å²) >= 11 is 6.04. The summed E-state index contributed by atoms with van der Waals surface area (Å²) in [7, 11) is 0. The van der Waals surface area contributed by atoms with Crippen molar-refractivity contribution in [2.45, 2.75) is 80.2 Å². The summed E-state index contributed by atoms with van der Waals surface area (Å²) in [5.41, 5.74) is -2.64. The van der Waals surface area contributed by atoms with E-state index in [0.29, 0.717) is 17.7 Å². The molecule has 1 aromatic heterocycles. The zero-order valence-corrected chi connectivity index (χ0v) is 21.1. The molecule has 2 heterocycles. The molecule has 0 aromatic carbocycles. The lowest BCUT2D eigenvalue weighted by molar-refractivity contribution is -0.188. The SMILES string of the molecule is CCc1cc(C[C@]2(C(=O)O)CCN(C(=O)O)[C@@](C)(C(C)(C)C)C2C(C)(C)C)nc(Cl)c1F. The van der Waals surface area contributed by atoms with Crippen LogP contribution in [0.5, 0.6) is 0 Å². The fourth-order valence-electron chi connectivity index (χ4n) is 5.96. The molecule has 1 saturated heterocycles. The molecular formula is C24H36ClFN2O4. The molecule has 0 spiro atoms. The molecular weight excluding hydrogens is 435 g/mol. The minimum absolute atomic E-state index is 0.0381. The second-order valence-electron chi connectivity index (χ2n) is 11.2. The number of carboxylic acids is 1. The summed E-state index contributed by atoms with van der Waals surface area (Å²) in [5, 5.41) is 20.4. The molecule has 2 rings (SSSR count). The zero-order chi connectivity index (χ0) is 24.9. The Morgan fingerprint density at radius 3 is 2.22 bits per heavy atom. The van der Waals surface area contributed by atoms with Gasteiger partial charge in [-0.15, -0.1) is 0 Å². The van der Waals surface area contributed by atoms with Crippen LogP contribution in [0.25, 0.3) is 0 Å². The Bertz CT molecular complexity index is 908. The van der Waals surface area contributed by atoms with Crippen LogP contribution in [0.3, 0.4) is 0 Å². The number of amides is 1. The lowest BCUT2D eigenvalue weighted by atomic mass is 9.47. The highest BCUT2D eigenvalue weighted by atomic mass is 35.5. The first-order valence-electron chi connectivity index (χ1n) is 11.0. The molecule has 1 amide bonds. The fraction of sp³-hybridized carbons (Fsp3) is 0.708. The minimum atomic E-state index is -1.31. The second kappa shape index (κ2) is 8.47. The van der Waals surface area contributed by atoms with Gasteiger partial charge in [-0.1, -0.05) is 60.1 Å². The molecule has 6 nitrogen and oxygen atoms in total. The number of rotatable bonds is 4. The summed E-state index contributed by atoms with van der Waals surface area (Å²) in [4.78, 5) is 30.9. The number of nitrogens with zero attached hydrogens (tertiary/aromatic N) is 2. The minimum Gasteiger partial charge on any atom is -0.481 e. The molecule has 1 aliphatic rings. The number of aryl methyl sites for hydroxylation is 1. The van der Waals surface area contributed by atoms with Gasteiger partial charge in [-0.2, -0.15) is 0 Å². The van der Waals surface area contributed by atoms with Gasteiger partial charge in [0, 0.05) is 24.6 Å². The molecule has 3 atom stereocenters. The number of likely N-dealkylation sites (tertiary alicyclic amines) is 1. The van der Waals surface area contributed by atoms with Gasteiger partial charge < -0.3 is 15.1 Å². The number of hydrogen-bond donors (Lipinski definition) is 2. The maximum atomic E-state index is 14.3. The lowest BCUT2D eigenvalue weighted by Crippen LogP contribution is -2.72. The van der Waals surface area contributed by atoms with E-state index in [2.05, 4.69) is 4.98 Å². The van der Waals surface area contributed by atoms with E-state index in [0.717, 1.165) is 0 Å². The monoisotopic (exact) mass is 470 g/mol. The van der Waals surface area contributed by atoms with Gasteiger partial charge in [0.15, 0.2) is 11.0 Å². The van der Waals surface area contributed by atoms with E-state index in [-0.39, 0.29) is 24.5 Å². The summed E-state index contributed by atoms with van der Waals surface area (Å²) in [6.07, 6.45) is -0.500. The Morgan fingerprint density at radius 1 is 1.25 bits per heavy atom. The van der Waals surface area contributed by atoms with Crippen molar-refractivity contribution in [1.29, 1.82) is 0 Å². The third-order valence-electron chi connectivity index (χ3n) is 7.42. The van der Waals surface area contributed by atoms with Crippen molar-refractivity contribution >= 4 is 23.7 Å². The summed E-state index contributed by atoms with van der Waals surface area (Å²) in [5.74, 6) is -2.16. The Kier molecular flexibility index (Phi) is 6.98. The van der Waals surface area contributed by atoms with E-state index in [9.17, 15) is 24.2 Å². The molecule has 0 saturated carbocycles. The van der Waals surface area contributed by atoms with E-state index < -0.39 is 45.6 Å². The van der Waals surface area contributed by atoms with Crippen molar-refractivity contribution in [3.63, 3.8) is 0 Å². The van der Waals surface area contributed by atoms with Gasteiger partial charge in [-0.05, 0) is 42.2 Å². The highest BCUT2D eigenvalue weighted by molar-refractivity contribution is 6.29.